The Kier molecular flexibility index (Phi) is 6.33. The van der Waals surface area contributed by atoms with Crippen molar-refractivity contribution in [3.8, 4) is 11.4 Å². The van der Waals surface area contributed by atoms with Gasteiger partial charge in [0.2, 0.25) is 0 Å². The van der Waals surface area contributed by atoms with Gasteiger partial charge in [0.05, 0.1) is 5.56 Å². The summed E-state index contributed by atoms with van der Waals surface area (Å²) in [7, 11) is 0. The van der Waals surface area contributed by atoms with Crippen molar-refractivity contribution in [1.82, 2.24) is 9.97 Å². The average molecular weight is 452 g/mol. The van der Waals surface area contributed by atoms with Crippen LogP contribution >= 0.6 is 35.0 Å². The van der Waals surface area contributed by atoms with E-state index in [4.69, 9.17) is 23.2 Å². The Labute approximate surface area is 188 Å². The highest BCUT2D eigenvalue weighted by atomic mass is 35.5. The van der Waals surface area contributed by atoms with Crippen molar-refractivity contribution in [2.24, 2.45) is 0 Å². The van der Waals surface area contributed by atoms with E-state index in [9.17, 15) is 4.79 Å². The Hall–Kier alpha value is -2.86. The van der Waals surface area contributed by atoms with Crippen molar-refractivity contribution in [1.29, 1.82) is 0 Å². The van der Waals surface area contributed by atoms with E-state index < -0.39 is 0 Å². The lowest BCUT2D eigenvalue weighted by Gasteiger charge is -2.11. The molecule has 1 amide bonds. The van der Waals surface area contributed by atoms with E-state index in [2.05, 4.69) is 15.3 Å². The molecule has 4 aromatic rings. The summed E-state index contributed by atoms with van der Waals surface area (Å²) in [5.74, 6) is 0.253. The smallest absolute Gasteiger partial charge is 0.259 e. The van der Waals surface area contributed by atoms with E-state index in [1.54, 1.807) is 42.6 Å². The number of benzene rings is 3. The van der Waals surface area contributed by atoms with Crippen molar-refractivity contribution in [2.45, 2.75) is 9.92 Å². The minimum atomic E-state index is -0.298. The number of anilines is 1. The number of rotatable bonds is 5. The van der Waals surface area contributed by atoms with Gasteiger partial charge in [-0.15, -0.1) is 0 Å². The molecular formula is C23H15Cl2N3OS. The van der Waals surface area contributed by atoms with E-state index >= 15 is 0 Å². The number of hydrogen-bond acceptors (Lipinski definition) is 4. The molecule has 3 aromatic carbocycles. The predicted molar refractivity (Wildman–Crippen MR) is 122 cm³/mol. The van der Waals surface area contributed by atoms with E-state index in [-0.39, 0.29) is 5.91 Å². The van der Waals surface area contributed by atoms with E-state index in [1.807, 2.05) is 42.5 Å². The molecule has 0 spiro atoms. The van der Waals surface area contributed by atoms with Gasteiger partial charge in [0.15, 0.2) is 5.82 Å². The van der Waals surface area contributed by atoms with Gasteiger partial charge in [0, 0.05) is 32.4 Å². The van der Waals surface area contributed by atoms with Crippen molar-refractivity contribution < 1.29 is 4.79 Å². The van der Waals surface area contributed by atoms with E-state index in [1.165, 1.54) is 11.8 Å². The lowest BCUT2D eigenvalue weighted by Crippen LogP contribution is -2.14. The summed E-state index contributed by atoms with van der Waals surface area (Å²) in [6, 6.07) is 23.9. The third kappa shape index (κ3) is 5.00. The molecule has 0 bridgehead atoms. The second-order valence-corrected chi connectivity index (χ2v) is 8.23. The molecule has 7 heteroatoms. The molecule has 0 saturated carbocycles. The lowest BCUT2D eigenvalue weighted by atomic mass is 10.2. The van der Waals surface area contributed by atoms with Gasteiger partial charge in [-0.1, -0.05) is 65.3 Å². The van der Waals surface area contributed by atoms with Gasteiger partial charge in [-0.25, -0.2) is 9.97 Å². The number of nitrogens with one attached hydrogen (secondary N) is 1. The number of carbonyl (C=O) groups excluding carboxylic acids is 1. The Morgan fingerprint density at radius 3 is 2.13 bits per heavy atom. The maximum Gasteiger partial charge on any atom is 0.259 e. The molecule has 0 aliphatic heterocycles. The minimum Gasteiger partial charge on any atom is -0.322 e. The van der Waals surface area contributed by atoms with Crippen LogP contribution in [-0.2, 0) is 0 Å². The Balaban J connectivity index is 1.69. The molecule has 0 fully saturated rings. The first kappa shape index (κ1) is 20.4. The highest BCUT2D eigenvalue weighted by molar-refractivity contribution is 7.99. The van der Waals surface area contributed by atoms with Crippen LogP contribution in [0.5, 0.6) is 0 Å². The maximum atomic E-state index is 13.0. The highest BCUT2D eigenvalue weighted by Crippen LogP contribution is 2.31. The number of carbonyl (C=O) groups is 1. The quantitative estimate of drug-likeness (QED) is 0.337. The number of nitrogens with zero attached hydrogens (tertiary/aromatic N) is 2. The highest BCUT2D eigenvalue weighted by Gasteiger charge is 2.17. The van der Waals surface area contributed by atoms with Crippen LogP contribution in [0.2, 0.25) is 10.0 Å². The monoisotopic (exact) mass is 451 g/mol. The first-order valence-corrected chi connectivity index (χ1v) is 10.6. The molecule has 30 heavy (non-hydrogen) atoms. The minimum absolute atomic E-state index is 0.298. The van der Waals surface area contributed by atoms with Gasteiger partial charge in [-0.3, -0.25) is 4.79 Å². The van der Waals surface area contributed by atoms with Crippen LogP contribution in [0.25, 0.3) is 11.4 Å². The van der Waals surface area contributed by atoms with Gasteiger partial charge in [-0.05, 0) is 48.5 Å². The van der Waals surface area contributed by atoms with Gasteiger partial charge < -0.3 is 5.32 Å². The first-order valence-electron chi connectivity index (χ1n) is 9.01. The molecule has 0 atom stereocenters. The molecule has 4 nitrogen and oxygen atoms in total. The molecule has 0 aliphatic rings. The summed E-state index contributed by atoms with van der Waals surface area (Å²) in [4.78, 5) is 23.0. The fraction of sp³-hybridized carbons (Fsp3) is 0. The molecule has 1 N–H and O–H groups in total. The van der Waals surface area contributed by atoms with Gasteiger partial charge in [0.1, 0.15) is 5.03 Å². The molecule has 4 rings (SSSR count). The topological polar surface area (TPSA) is 54.9 Å². The number of aromatic nitrogens is 2. The van der Waals surface area contributed by atoms with Crippen molar-refractivity contribution in [3.05, 3.63) is 101 Å². The molecule has 1 aromatic heterocycles. The van der Waals surface area contributed by atoms with E-state index in [0.717, 1.165) is 10.5 Å². The Morgan fingerprint density at radius 1 is 0.833 bits per heavy atom. The molecule has 0 radical (unpaired) electrons. The third-order valence-corrected chi connectivity index (χ3v) is 5.68. The van der Waals surface area contributed by atoms with Crippen molar-refractivity contribution >= 4 is 46.6 Å². The summed E-state index contributed by atoms with van der Waals surface area (Å²) < 4.78 is 0. The van der Waals surface area contributed by atoms with Crippen molar-refractivity contribution in [2.75, 3.05) is 5.32 Å². The fourth-order valence-electron chi connectivity index (χ4n) is 2.67. The zero-order chi connectivity index (χ0) is 20.9. The van der Waals surface area contributed by atoms with Crippen LogP contribution in [0.15, 0.2) is 95.0 Å². The zero-order valence-corrected chi connectivity index (χ0v) is 17.9. The summed E-state index contributed by atoms with van der Waals surface area (Å²) >= 11 is 13.3. The third-order valence-electron chi connectivity index (χ3n) is 4.16. The van der Waals surface area contributed by atoms with Crippen LogP contribution < -0.4 is 5.32 Å². The maximum absolute atomic E-state index is 13.0. The molecule has 0 saturated heterocycles. The van der Waals surface area contributed by atoms with Gasteiger partial charge in [-0.2, -0.15) is 0 Å². The van der Waals surface area contributed by atoms with Crippen LogP contribution in [0, 0.1) is 0 Å². The summed E-state index contributed by atoms with van der Waals surface area (Å²) in [5, 5.41) is 4.67. The molecule has 1 heterocycles. The van der Waals surface area contributed by atoms with Crippen LogP contribution in [-0.4, -0.2) is 15.9 Å². The fourth-order valence-corrected chi connectivity index (χ4v) is 3.81. The summed E-state index contributed by atoms with van der Waals surface area (Å²) in [6.45, 7) is 0. The normalized spacial score (nSPS) is 10.6. The summed E-state index contributed by atoms with van der Waals surface area (Å²) in [6.07, 6.45) is 1.55. The molecular weight excluding hydrogens is 437 g/mol. The number of amides is 1. The van der Waals surface area contributed by atoms with Crippen LogP contribution in [0.1, 0.15) is 10.4 Å². The first-order chi connectivity index (χ1) is 14.6. The van der Waals surface area contributed by atoms with Crippen molar-refractivity contribution in [3.63, 3.8) is 0 Å². The second kappa shape index (κ2) is 9.30. The average Bonchev–Trinajstić information content (AvgIpc) is 2.77. The second-order valence-electron chi connectivity index (χ2n) is 6.30. The number of hydrogen-bond donors (Lipinski definition) is 1. The lowest BCUT2D eigenvalue weighted by molar-refractivity contribution is 0.102. The SMILES string of the molecule is O=C(Nc1ccc(Cl)cc1)c1cnc(-c2ccccc2)nc1Sc1ccc(Cl)cc1. The molecule has 0 aliphatic carbocycles. The Morgan fingerprint density at radius 2 is 1.47 bits per heavy atom. The largest absolute Gasteiger partial charge is 0.322 e. The standard InChI is InChI=1S/C23H15Cl2N3OS/c24-16-6-10-18(11-7-16)27-22(29)20-14-26-21(15-4-2-1-3-5-15)28-23(20)30-19-12-8-17(25)9-13-19/h1-14H,(H,27,29). The predicted octanol–water partition coefficient (Wildman–Crippen LogP) is 6.85. The van der Waals surface area contributed by atoms with E-state index in [0.29, 0.717) is 32.1 Å². The number of halogens is 2. The Bertz CT molecular complexity index is 1170. The molecule has 148 valence electrons. The zero-order valence-electron chi connectivity index (χ0n) is 15.5. The van der Waals surface area contributed by atoms with Gasteiger partial charge >= 0.3 is 0 Å². The molecule has 0 unspecified atom stereocenters. The van der Waals surface area contributed by atoms with Crippen LogP contribution in [0.4, 0.5) is 5.69 Å². The summed E-state index contributed by atoms with van der Waals surface area (Å²) in [5.41, 5.74) is 1.89. The van der Waals surface area contributed by atoms with Crippen LogP contribution in [0.3, 0.4) is 0 Å². The van der Waals surface area contributed by atoms with Gasteiger partial charge in [0.25, 0.3) is 5.91 Å².